The van der Waals surface area contributed by atoms with Crippen LogP contribution in [0.15, 0.2) is 36.7 Å². The molecule has 0 radical (unpaired) electrons. The summed E-state index contributed by atoms with van der Waals surface area (Å²) in [6.07, 6.45) is 6.78. The molecule has 2 bridgehead atoms. The summed E-state index contributed by atoms with van der Waals surface area (Å²) in [6, 6.07) is 6.65. The number of carbonyl (C=O) groups is 1. The van der Waals surface area contributed by atoms with Crippen molar-refractivity contribution >= 4 is 39.4 Å². The lowest BCUT2D eigenvalue weighted by molar-refractivity contribution is -0.148. The van der Waals surface area contributed by atoms with Crippen LogP contribution in [-0.4, -0.2) is 37.1 Å². The first-order chi connectivity index (χ1) is 16.0. The van der Waals surface area contributed by atoms with Crippen LogP contribution in [-0.2, 0) is 4.79 Å². The summed E-state index contributed by atoms with van der Waals surface area (Å²) in [4.78, 5) is 28.8. The highest BCUT2D eigenvalue weighted by molar-refractivity contribution is 5.99. The Morgan fingerprint density at radius 1 is 1.15 bits per heavy atom. The van der Waals surface area contributed by atoms with Crippen LogP contribution < -0.4 is 11.1 Å². The van der Waals surface area contributed by atoms with E-state index in [4.69, 9.17) is 15.7 Å². The molecule has 3 fully saturated rings. The summed E-state index contributed by atoms with van der Waals surface area (Å²) in [5, 5.41) is 14.8. The van der Waals surface area contributed by atoms with Crippen molar-refractivity contribution in [1.29, 1.82) is 0 Å². The summed E-state index contributed by atoms with van der Waals surface area (Å²) < 4.78 is 13.9. The zero-order chi connectivity index (χ0) is 22.7. The van der Waals surface area contributed by atoms with E-state index in [0.717, 1.165) is 37.3 Å². The Kier molecular flexibility index (Phi) is 4.46. The summed E-state index contributed by atoms with van der Waals surface area (Å²) in [5.74, 6) is -0.317. The first-order valence-electron chi connectivity index (χ1n) is 11.2. The number of hydrogen-bond donors (Lipinski definition) is 4. The molecule has 3 aromatic heterocycles. The number of carboxylic acids is 1. The molecule has 9 heteroatoms. The van der Waals surface area contributed by atoms with Gasteiger partial charge in [0.1, 0.15) is 17.3 Å². The maximum atomic E-state index is 13.9. The molecule has 3 saturated carbocycles. The number of aromatic amines is 1. The van der Waals surface area contributed by atoms with Gasteiger partial charge in [-0.25, -0.2) is 19.3 Å². The second-order valence-electron chi connectivity index (χ2n) is 9.10. The number of rotatable bonds is 4. The molecule has 33 heavy (non-hydrogen) atoms. The van der Waals surface area contributed by atoms with E-state index in [2.05, 4.69) is 15.3 Å². The highest BCUT2D eigenvalue weighted by Crippen LogP contribution is 2.47. The molecular weight excluding hydrogens is 423 g/mol. The fourth-order valence-corrected chi connectivity index (χ4v) is 5.74. The number of nitrogens with two attached hydrogens (primary N) is 1. The lowest BCUT2D eigenvalue weighted by Gasteiger charge is -2.47. The second-order valence-corrected chi connectivity index (χ2v) is 9.10. The minimum absolute atomic E-state index is 0.172. The van der Waals surface area contributed by atoms with Crippen LogP contribution in [0.1, 0.15) is 25.7 Å². The monoisotopic (exact) mass is 446 g/mol. The lowest BCUT2D eigenvalue weighted by atomic mass is 9.61. The molecular formula is C24H23FN6O2. The summed E-state index contributed by atoms with van der Waals surface area (Å²) in [6.45, 7) is 0. The predicted molar refractivity (Wildman–Crippen MR) is 123 cm³/mol. The lowest BCUT2D eigenvalue weighted by Crippen LogP contribution is -2.51. The number of hydrogen-bond acceptors (Lipinski definition) is 6. The van der Waals surface area contributed by atoms with Crippen molar-refractivity contribution < 1.29 is 14.3 Å². The van der Waals surface area contributed by atoms with Crippen molar-refractivity contribution in [2.75, 3.05) is 11.1 Å². The molecule has 5 N–H and O–H groups in total. The first kappa shape index (κ1) is 19.9. The number of nitrogens with one attached hydrogen (secondary N) is 2. The van der Waals surface area contributed by atoms with E-state index < -0.39 is 17.7 Å². The number of para-hydroxylation sites is 1. The predicted octanol–water partition coefficient (Wildman–Crippen LogP) is 4.20. The van der Waals surface area contributed by atoms with Gasteiger partial charge in [0.05, 0.1) is 23.3 Å². The molecule has 0 spiro atoms. The zero-order valence-corrected chi connectivity index (χ0v) is 17.8. The van der Waals surface area contributed by atoms with Gasteiger partial charge in [-0.1, -0.05) is 6.07 Å². The fraction of sp³-hybridized carbons (Fsp3) is 0.333. The normalized spacial score (nSPS) is 24.4. The van der Waals surface area contributed by atoms with E-state index in [-0.39, 0.29) is 17.9 Å². The molecule has 4 aromatic rings. The molecule has 3 aliphatic carbocycles. The minimum atomic E-state index is -0.766. The van der Waals surface area contributed by atoms with E-state index >= 15 is 0 Å². The topological polar surface area (TPSA) is 130 Å². The van der Waals surface area contributed by atoms with E-state index in [1.54, 1.807) is 12.3 Å². The average Bonchev–Trinajstić information content (AvgIpc) is 3.23. The van der Waals surface area contributed by atoms with E-state index in [9.17, 15) is 14.3 Å². The highest BCUT2D eigenvalue weighted by atomic mass is 19.1. The van der Waals surface area contributed by atoms with Gasteiger partial charge in [0.15, 0.2) is 5.82 Å². The number of benzene rings is 1. The summed E-state index contributed by atoms with van der Waals surface area (Å²) in [5.41, 5.74) is 8.45. The van der Waals surface area contributed by atoms with Crippen LogP contribution in [0.2, 0.25) is 0 Å². The van der Waals surface area contributed by atoms with Gasteiger partial charge in [0.25, 0.3) is 0 Å². The standard InChI is InChI=1S/C24H23FN6O2/c25-13-8-15-16(10-28-21(15)27-9-13)23-30-20-14(2-1-3-17(20)26)22(31-23)29-19-12-6-4-11(5-7-12)18(19)24(32)33/h1-3,8-12,18-19H,4-7,26H2,(H,27,28)(H,32,33)(H,29,30,31). The van der Waals surface area contributed by atoms with Gasteiger partial charge >= 0.3 is 5.97 Å². The molecule has 0 amide bonds. The molecule has 2 atom stereocenters. The van der Waals surface area contributed by atoms with Crippen LogP contribution in [0.3, 0.4) is 0 Å². The van der Waals surface area contributed by atoms with Gasteiger partial charge < -0.3 is 21.1 Å². The number of aromatic nitrogens is 4. The number of halogens is 1. The fourth-order valence-electron chi connectivity index (χ4n) is 5.74. The van der Waals surface area contributed by atoms with Crippen LogP contribution in [0, 0.1) is 23.6 Å². The van der Waals surface area contributed by atoms with Crippen molar-refractivity contribution in [1.82, 2.24) is 19.9 Å². The summed E-state index contributed by atoms with van der Waals surface area (Å²) >= 11 is 0. The Morgan fingerprint density at radius 3 is 2.73 bits per heavy atom. The van der Waals surface area contributed by atoms with Gasteiger partial charge in [0, 0.05) is 28.6 Å². The Labute approximate surface area is 188 Å². The Bertz CT molecular complexity index is 1390. The average molecular weight is 446 g/mol. The van der Waals surface area contributed by atoms with E-state index in [1.165, 1.54) is 6.07 Å². The van der Waals surface area contributed by atoms with Gasteiger partial charge in [0.2, 0.25) is 0 Å². The molecule has 3 heterocycles. The van der Waals surface area contributed by atoms with Gasteiger partial charge in [-0.3, -0.25) is 4.79 Å². The molecule has 2 unspecified atom stereocenters. The van der Waals surface area contributed by atoms with Crippen LogP contribution >= 0.6 is 0 Å². The third-order valence-electron chi connectivity index (χ3n) is 7.30. The van der Waals surface area contributed by atoms with Gasteiger partial charge in [-0.2, -0.15) is 0 Å². The molecule has 1 aromatic carbocycles. The molecule has 0 aliphatic heterocycles. The number of H-pyrrole nitrogens is 1. The number of pyridine rings is 1. The number of aliphatic carboxylic acids is 1. The zero-order valence-electron chi connectivity index (χ0n) is 17.8. The molecule has 7 rings (SSSR count). The number of nitrogens with zero attached hydrogens (tertiary/aromatic N) is 3. The Morgan fingerprint density at radius 2 is 1.94 bits per heavy atom. The largest absolute Gasteiger partial charge is 0.481 e. The van der Waals surface area contributed by atoms with E-state index in [1.807, 2.05) is 12.1 Å². The SMILES string of the molecule is Nc1cccc2c(NC3C4CCC(CC4)C3C(=O)O)nc(-c3c[nH]c4ncc(F)cc34)nc12. The molecule has 8 nitrogen and oxygen atoms in total. The Balaban J connectivity index is 1.51. The van der Waals surface area contributed by atoms with Crippen molar-refractivity contribution in [3.8, 4) is 11.4 Å². The quantitative estimate of drug-likeness (QED) is 0.346. The van der Waals surface area contributed by atoms with Crippen LogP contribution in [0.25, 0.3) is 33.3 Å². The minimum Gasteiger partial charge on any atom is -0.481 e. The van der Waals surface area contributed by atoms with Gasteiger partial charge in [-0.05, 0) is 55.7 Å². The maximum absolute atomic E-state index is 13.9. The van der Waals surface area contributed by atoms with Crippen molar-refractivity contribution in [2.24, 2.45) is 17.8 Å². The number of anilines is 2. The first-order valence-corrected chi connectivity index (χ1v) is 11.2. The van der Waals surface area contributed by atoms with Crippen molar-refractivity contribution in [2.45, 2.75) is 31.7 Å². The third-order valence-corrected chi connectivity index (χ3v) is 7.30. The van der Waals surface area contributed by atoms with Crippen molar-refractivity contribution in [3.05, 3.63) is 42.5 Å². The second kappa shape index (κ2) is 7.40. The maximum Gasteiger partial charge on any atom is 0.308 e. The summed E-state index contributed by atoms with van der Waals surface area (Å²) in [7, 11) is 0. The molecule has 168 valence electrons. The van der Waals surface area contributed by atoms with Crippen LogP contribution in [0.4, 0.5) is 15.9 Å². The van der Waals surface area contributed by atoms with E-state index in [0.29, 0.717) is 39.4 Å². The smallest absolute Gasteiger partial charge is 0.308 e. The Hall–Kier alpha value is -3.75. The van der Waals surface area contributed by atoms with Crippen LogP contribution in [0.5, 0.6) is 0 Å². The van der Waals surface area contributed by atoms with Crippen molar-refractivity contribution in [3.63, 3.8) is 0 Å². The number of fused-ring (bicyclic) bond motifs is 5. The molecule has 0 saturated heterocycles. The third kappa shape index (κ3) is 3.18. The highest BCUT2D eigenvalue weighted by Gasteiger charge is 2.47. The van der Waals surface area contributed by atoms with Gasteiger partial charge in [-0.15, -0.1) is 0 Å². The number of carboxylic acid groups (broad SMARTS) is 1. The number of nitrogen functional groups attached to an aromatic ring is 1. The molecule has 3 aliphatic rings.